The average molecular weight is 271 g/mol. The van der Waals surface area contributed by atoms with Crippen molar-refractivity contribution in [1.82, 2.24) is 29.4 Å². The highest BCUT2D eigenvalue weighted by atomic mass is 15.4. The van der Waals surface area contributed by atoms with Crippen LogP contribution in [0.2, 0.25) is 0 Å². The molecule has 0 unspecified atom stereocenters. The van der Waals surface area contributed by atoms with Crippen LogP contribution in [0.1, 0.15) is 26.6 Å². The number of fused-ring (bicyclic) bond motifs is 1. The van der Waals surface area contributed by atoms with Crippen LogP contribution in [0, 0.1) is 0 Å². The summed E-state index contributed by atoms with van der Waals surface area (Å²) in [5.74, 6) is 1.36. The molecule has 0 aromatic carbocycles. The molecule has 0 saturated carbocycles. The topological polar surface area (TPSA) is 86.9 Å². The number of nitrogens with two attached hydrogens (primary N) is 1. The number of aryl methyl sites for hydroxylation is 1. The molecular formula is C13H17N7. The molecule has 0 spiro atoms. The van der Waals surface area contributed by atoms with Gasteiger partial charge in [0.1, 0.15) is 28.5 Å². The molecule has 0 saturated heterocycles. The van der Waals surface area contributed by atoms with Crippen molar-refractivity contribution in [3.63, 3.8) is 0 Å². The van der Waals surface area contributed by atoms with Crippen LogP contribution in [0.5, 0.6) is 0 Å². The number of aromatic nitrogens is 6. The number of nitrogens with zero attached hydrogens (tertiary/aromatic N) is 6. The van der Waals surface area contributed by atoms with E-state index >= 15 is 0 Å². The number of anilines is 1. The standard InChI is InChI=1S/C13H17N7/c1-13(2,3)12-17-9(8-7-16-19(4)18-8)10-11(14)15-5-6-20(10)12/h5-7H,1-4H3,(H2,14,15). The van der Waals surface area contributed by atoms with Crippen molar-refractivity contribution in [3.05, 3.63) is 24.4 Å². The molecule has 0 bridgehead atoms. The van der Waals surface area contributed by atoms with Gasteiger partial charge in [-0.1, -0.05) is 20.8 Å². The highest BCUT2D eigenvalue weighted by Crippen LogP contribution is 2.31. The minimum atomic E-state index is -0.114. The quantitative estimate of drug-likeness (QED) is 0.723. The molecule has 0 aliphatic heterocycles. The van der Waals surface area contributed by atoms with E-state index < -0.39 is 0 Å². The van der Waals surface area contributed by atoms with E-state index in [0.29, 0.717) is 17.2 Å². The van der Waals surface area contributed by atoms with Crippen LogP contribution < -0.4 is 5.73 Å². The Morgan fingerprint density at radius 3 is 2.60 bits per heavy atom. The molecule has 3 heterocycles. The van der Waals surface area contributed by atoms with Gasteiger partial charge in [0, 0.05) is 24.9 Å². The van der Waals surface area contributed by atoms with Crippen LogP contribution in [0.3, 0.4) is 0 Å². The Labute approximate surface area is 116 Å². The molecule has 3 aromatic rings. The van der Waals surface area contributed by atoms with E-state index in [1.165, 1.54) is 4.80 Å². The largest absolute Gasteiger partial charge is 0.382 e. The first-order valence-electron chi connectivity index (χ1n) is 6.37. The summed E-state index contributed by atoms with van der Waals surface area (Å²) in [6, 6.07) is 0. The first-order chi connectivity index (χ1) is 9.38. The van der Waals surface area contributed by atoms with E-state index in [4.69, 9.17) is 10.7 Å². The molecule has 7 heteroatoms. The number of rotatable bonds is 1. The van der Waals surface area contributed by atoms with Gasteiger partial charge in [-0.15, -0.1) is 0 Å². The van der Waals surface area contributed by atoms with Crippen LogP contribution in [0.4, 0.5) is 5.82 Å². The van der Waals surface area contributed by atoms with Gasteiger partial charge in [-0.25, -0.2) is 9.97 Å². The monoisotopic (exact) mass is 271 g/mol. The fourth-order valence-corrected chi connectivity index (χ4v) is 2.23. The maximum atomic E-state index is 6.03. The Hall–Kier alpha value is -2.44. The minimum Gasteiger partial charge on any atom is -0.382 e. The summed E-state index contributed by atoms with van der Waals surface area (Å²) in [5.41, 5.74) is 8.10. The zero-order chi connectivity index (χ0) is 14.5. The van der Waals surface area contributed by atoms with Gasteiger partial charge < -0.3 is 5.73 Å². The summed E-state index contributed by atoms with van der Waals surface area (Å²) in [5, 5.41) is 8.41. The second-order valence-corrected chi connectivity index (χ2v) is 5.78. The maximum Gasteiger partial charge on any atom is 0.150 e. The second-order valence-electron chi connectivity index (χ2n) is 5.78. The van der Waals surface area contributed by atoms with E-state index in [0.717, 1.165) is 11.3 Å². The summed E-state index contributed by atoms with van der Waals surface area (Å²) < 4.78 is 1.98. The van der Waals surface area contributed by atoms with Crippen molar-refractivity contribution in [1.29, 1.82) is 0 Å². The van der Waals surface area contributed by atoms with Crippen LogP contribution in [-0.4, -0.2) is 29.4 Å². The van der Waals surface area contributed by atoms with Crippen molar-refractivity contribution < 1.29 is 0 Å². The molecule has 20 heavy (non-hydrogen) atoms. The van der Waals surface area contributed by atoms with Crippen LogP contribution >= 0.6 is 0 Å². The molecule has 3 rings (SSSR count). The number of nitrogen functional groups attached to an aromatic ring is 1. The summed E-state index contributed by atoms with van der Waals surface area (Å²) in [6.07, 6.45) is 5.24. The number of hydrogen-bond acceptors (Lipinski definition) is 5. The molecule has 2 N–H and O–H groups in total. The van der Waals surface area contributed by atoms with Crippen molar-refractivity contribution in [2.75, 3.05) is 5.73 Å². The lowest BCUT2D eigenvalue weighted by molar-refractivity contribution is 0.543. The fraction of sp³-hybridized carbons (Fsp3) is 0.385. The lowest BCUT2D eigenvalue weighted by Gasteiger charge is -2.16. The molecule has 104 valence electrons. The molecule has 0 amide bonds. The molecule has 0 atom stereocenters. The van der Waals surface area contributed by atoms with E-state index in [-0.39, 0.29) is 5.41 Å². The van der Waals surface area contributed by atoms with Crippen LogP contribution in [0.25, 0.3) is 16.9 Å². The molecule has 0 aliphatic carbocycles. The van der Waals surface area contributed by atoms with Crippen molar-refractivity contribution in [3.8, 4) is 11.4 Å². The van der Waals surface area contributed by atoms with Gasteiger partial charge in [0.15, 0.2) is 0 Å². The van der Waals surface area contributed by atoms with Gasteiger partial charge in [0.25, 0.3) is 0 Å². The Bertz CT molecular complexity index is 776. The Morgan fingerprint density at radius 1 is 1.25 bits per heavy atom. The van der Waals surface area contributed by atoms with E-state index in [2.05, 4.69) is 36.0 Å². The zero-order valence-electron chi connectivity index (χ0n) is 12.0. The smallest absolute Gasteiger partial charge is 0.150 e. The van der Waals surface area contributed by atoms with Crippen molar-refractivity contribution in [2.24, 2.45) is 7.05 Å². The zero-order valence-corrected chi connectivity index (χ0v) is 12.0. The number of imidazole rings is 1. The van der Waals surface area contributed by atoms with Crippen LogP contribution in [0.15, 0.2) is 18.6 Å². The van der Waals surface area contributed by atoms with Gasteiger partial charge in [-0.3, -0.25) is 4.40 Å². The van der Waals surface area contributed by atoms with E-state index in [1.807, 2.05) is 10.6 Å². The summed E-state index contributed by atoms with van der Waals surface area (Å²) in [7, 11) is 1.77. The van der Waals surface area contributed by atoms with E-state index in [9.17, 15) is 0 Å². The highest BCUT2D eigenvalue weighted by molar-refractivity contribution is 5.83. The third kappa shape index (κ3) is 1.82. The van der Waals surface area contributed by atoms with Gasteiger partial charge in [0.2, 0.25) is 0 Å². The van der Waals surface area contributed by atoms with Gasteiger partial charge in [-0.2, -0.15) is 15.0 Å². The molecular weight excluding hydrogens is 254 g/mol. The minimum absolute atomic E-state index is 0.114. The predicted octanol–water partition coefficient (Wildman–Crippen LogP) is 1.40. The molecule has 0 radical (unpaired) electrons. The first kappa shape index (κ1) is 12.6. The van der Waals surface area contributed by atoms with Crippen molar-refractivity contribution >= 4 is 11.3 Å². The average Bonchev–Trinajstić information content (AvgIpc) is 2.92. The fourth-order valence-electron chi connectivity index (χ4n) is 2.23. The first-order valence-corrected chi connectivity index (χ1v) is 6.37. The maximum absolute atomic E-state index is 6.03. The normalized spacial score (nSPS) is 12.2. The highest BCUT2D eigenvalue weighted by Gasteiger charge is 2.25. The Balaban J connectivity index is 2.38. The van der Waals surface area contributed by atoms with Gasteiger partial charge in [-0.05, 0) is 0 Å². The number of hydrogen-bond donors (Lipinski definition) is 1. The Morgan fingerprint density at radius 2 is 2.00 bits per heavy atom. The lowest BCUT2D eigenvalue weighted by Crippen LogP contribution is -2.16. The summed E-state index contributed by atoms with van der Waals surface area (Å²) in [6.45, 7) is 6.33. The lowest BCUT2D eigenvalue weighted by atomic mass is 9.96. The van der Waals surface area contributed by atoms with Crippen molar-refractivity contribution in [2.45, 2.75) is 26.2 Å². The molecule has 7 nitrogen and oxygen atoms in total. The predicted molar refractivity (Wildman–Crippen MR) is 76.1 cm³/mol. The SMILES string of the molecule is Cn1ncc(-c2nc(C(C)(C)C)n3ccnc(N)c23)n1. The van der Waals surface area contributed by atoms with E-state index in [1.54, 1.807) is 19.4 Å². The Kier molecular flexibility index (Phi) is 2.53. The third-order valence-electron chi connectivity index (χ3n) is 3.10. The second kappa shape index (κ2) is 4.03. The molecule has 0 aliphatic rings. The summed E-state index contributed by atoms with van der Waals surface area (Å²) in [4.78, 5) is 10.4. The van der Waals surface area contributed by atoms with Gasteiger partial charge in [0.05, 0.1) is 6.20 Å². The molecule has 3 aromatic heterocycles. The summed E-state index contributed by atoms with van der Waals surface area (Å²) >= 11 is 0. The van der Waals surface area contributed by atoms with Gasteiger partial charge >= 0.3 is 0 Å². The third-order valence-corrected chi connectivity index (χ3v) is 3.10. The molecule has 0 fully saturated rings. The van der Waals surface area contributed by atoms with Crippen LogP contribution in [-0.2, 0) is 12.5 Å².